The van der Waals surface area contributed by atoms with E-state index in [2.05, 4.69) is 10.5 Å². The molecule has 0 unspecified atom stereocenters. The third kappa shape index (κ3) is 4.37. The molecule has 2 aromatic rings. The quantitative estimate of drug-likeness (QED) is 0.514. The lowest BCUT2D eigenvalue weighted by Gasteiger charge is -2.06. The summed E-state index contributed by atoms with van der Waals surface area (Å²) in [6.45, 7) is 1.90. The maximum atomic E-state index is 12.1. The van der Waals surface area contributed by atoms with Crippen LogP contribution in [0.5, 0.6) is 0 Å². The van der Waals surface area contributed by atoms with E-state index in [0.717, 1.165) is 5.56 Å². The second-order valence-electron chi connectivity index (χ2n) is 4.67. The number of carbonyl (C=O) groups is 1. The number of rotatable bonds is 5. The third-order valence-corrected chi connectivity index (χ3v) is 3.34. The number of benzene rings is 2. The predicted molar refractivity (Wildman–Crippen MR) is 88.8 cm³/mol. The van der Waals surface area contributed by atoms with Gasteiger partial charge in [-0.3, -0.25) is 14.9 Å². The summed E-state index contributed by atoms with van der Waals surface area (Å²) in [6, 6.07) is 12.6. The zero-order chi connectivity index (χ0) is 16.8. The predicted octanol–water partition coefficient (Wildman–Crippen LogP) is 3.79. The molecule has 0 aliphatic rings. The monoisotopic (exact) mass is 331 g/mol. The van der Waals surface area contributed by atoms with Gasteiger partial charge in [0.2, 0.25) is 0 Å². The summed E-state index contributed by atoms with van der Waals surface area (Å²) in [5.41, 5.74) is 3.91. The Morgan fingerprint density at radius 3 is 2.57 bits per heavy atom. The molecule has 0 saturated carbocycles. The number of amides is 1. The van der Waals surface area contributed by atoms with Crippen LogP contribution in [0, 0.1) is 10.1 Å². The Morgan fingerprint density at radius 1 is 1.22 bits per heavy atom. The highest BCUT2D eigenvalue weighted by atomic mass is 35.5. The van der Waals surface area contributed by atoms with E-state index in [1.807, 2.05) is 13.0 Å². The van der Waals surface area contributed by atoms with Gasteiger partial charge in [-0.2, -0.15) is 5.10 Å². The summed E-state index contributed by atoms with van der Waals surface area (Å²) in [4.78, 5) is 22.3. The molecule has 0 heterocycles. The fourth-order valence-electron chi connectivity index (χ4n) is 1.96. The lowest BCUT2D eigenvalue weighted by Crippen LogP contribution is -2.20. The largest absolute Gasteiger partial charge is 0.271 e. The van der Waals surface area contributed by atoms with Crippen molar-refractivity contribution in [3.05, 3.63) is 74.8 Å². The number of hydrazone groups is 1. The molecular formula is C16H14ClN3O3. The van der Waals surface area contributed by atoms with Gasteiger partial charge in [0.15, 0.2) is 0 Å². The fourth-order valence-corrected chi connectivity index (χ4v) is 2.15. The molecule has 0 saturated heterocycles. The van der Waals surface area contributed by atoms with Crippen molar-refractivity contribution >= 4 is 28.9 Å². The highest BCUT2D eigenvalue weighted by Crippen LogP contribution is 2.14. The van der Waals surface area contributed by atoms with E-state index in [-0.39, 0.29) is 11.3 Å². The standard InChI is InChI=1S/C16H14ClN3O3/c1-2-15(11-5-3-7-13(17)9-11)18-19-16(21)12-6-4-8-14(10-12)20(22)23/h3-10H,2H2,1H3,(H,19,21)/b18-15+. The van der Waals surface area contributed by atoms with Crippen molar-refractivity contribution in [2.45, 2.75) is 13.3 Å². The summed E-state index contributed by atoms with van der Waals surface area (Å²) in [5.74, 6) is -0.512. The van der Waals surface area contributed by atoms with E-state index >= 15 is 0 Å². The van der Waals surface area contributed by atoms with Crippen molar-refractivity contribution in [1.29, 1.82) is 0 Å². The summed E-state index contributed by atoms with van der Waals surface area (Å²) in [5, 5.41) is 15.4. The summed E-state index contributed by atoms with van der Waals surface area (Å²) in [7, 11) is 0. The van der Waals surface area contributed by atoms with Gasteiger partial charge in [0.25, 0.3) is 11.6 Å². The molecule has 118 valence electrons. The van der Waals surface area contributed by atoms with Crippen molar-refractivity contribution in [2.75, 3.05) is 0 Å². The van der Waals surface area contributed by atoms with Crippen LogP contribution in [0.2, 0.25) is 5.02 Å². The van der Waals surface area contributed by atoms with E-state index in [1.54, 1.807) is 18.2 Å². The molecule has 0 atom stereocenters. The number of nitrogens with one attached hydrogen (secondary N) is 1. The summed E-state index contributed by atoms with van der Waals surface area (Å²) in [6.07, 6.45) is 0.593. The SMILES string of the molecule is CC/C(=N\NC(=O)c1cccc([N+](=O)[O-])c1)c1cccc(Cl)c1. The average Bonchev–Trinajstić information content (AvgIpc) is 2.55. The van der Waals surface area contributed by atoms with Crippen LogP contribution in [-0.2, 0) is 0 Å². The number of carbonyl (C=O) groups excluding carboxylic acids is 1. The molecule has 23 heavy (non-hydrogen) atoms. The second-order valence-corrected chi connectivity index (χ2v) is 5.11. The minimum absolute atomic E-state index is 0.146. The Morgan fingerprint density at radius 2 is 1.91 bits per heavy atom. The number of hydrogen-bond acceptors (Lipinski definition) is 4. The minimum Gasteiger partial charge on any atom is -0.267 e. The van der Waals surface area contributed by atoms with Gasteiger partial charge in [0.05, 0.1) is 10.6 Å². The maximum Gasteiger partial charge on any atom is 0.271 e. The van der Waals surface area contributed by atoms with Crippen molar-refractivity contribution < 1.29 is 9.72 Å². The molecule has 1 N–H and O–H groups in total. The molecule has 7 heteroatoms. The number of halogens is 1. The molecular weight excluding hydrogens is 318 g/mol. The second kappa shape index (κ2) is 7.51. The Hall–Kier alpha value is -2.73. The van der Waals surface area contributed by atoms with E-state index in [9.17, 15) is 14.9 Å². The number of hydrogen-bond donors (Lipinski definition) is 1. The molecule has 0 radical (unpaired) electrons. The van der Waals surface area contributed by atoms with Crippen LogP contribution in [0.25, 0.3) is 0 Å². The van der Waals surface area contributed by atoms with Crippen molar-refractivity contribution in [3.63, 3.8) is 0 Å². The van der Waals surface area contributed by atoms with Crippen molar-refractivity contribution in [1.82, 2.24) is 5.43 Å². The maximum absolute atomic E-state index is 12.1. The Balaban J connectivity index is 2.18. The highest BCUT2D eigenvalue weighted by Gasteiger charge is 2.11. The van der Waals surface area contributed by atoms with Crippen LogP contribution in [-0.4, -0.2) is 16.5 Å². The van der Waals surface area contributed by atoms with Gasteiger partial charge in [-0.15, -0.1) is 0 Å². The molecule has 0 fully saturated rings. The molecule has 1 amide bonds. The molecule has 0 aliphatic carbocycles. The molecule has 2 aromatic carbocycles. The molecule has 0 aromatic heterocycles. The first-order valence-corrected chi connectivity index (χ1v) is 7.26. The minimum atomic E-state index is -0.552. The summed E-state index contributed by atoms with van der Waals surface area (Å²) < 4.78 is 0. The van der Waals surface area contributed by atoms with Gasteiger partial charge in [-0.1, -0.05) is 36.7 Å². The van der Waals surface area contributed by atoms with Crippen LogP contribution >= 0.6 is 11.6 Å². The van der Waals surface area contributed by atoms with Crippen molar-refractivity contribution in [3.8, 4) is 0 Å². The first-order chi connectivity index (χ1) is 11.0. The lowest BCUT2D eigenvalue weighted by molar-refractivity contribution is -0.384. The Kier molecular flexibility index (Phi) is 5.43. The van der Waals surface area contributed by atoms with E-state index in [0.29, 0.717) is 17.2 Å². The van der Waals surface area contributed by atoms with Gasteiger partial charge in [-0.25, -0.2) is 5.43 Å². The zero-order valence-corrected chi connectivity index (χ0v) is 13.1. The van der Waals surface area contributed by atoms with Crippen LogP contribution < -0.4 is 5.43 Å². The van der Waals surface area contributed by atoms with E-state index < -0.39 is 10.8 Å². The Labute approximate surface area is 137 Å². The highest BCUT2D eigenvalue weighted by molar-refractivity contribution is 6.31. The zero-order valence-electron chi connectivity index (χ0n) is 12.3. The van der Waals surface area contributed by atoms with Crippen molar-refractivity contribution in [2.24, 2.45) is 5.10 Å². The molecule has 0 bridgehead atoms. The van der Waals surface area contributed by atoms with Gasteiger partial charge in [-0.05, 0) is 30.2 Å². The van der Waals surface area contributed by atoms with Crippen LogP contribution in [0.3, 0.4) is 0 Å². The van der Waals surface area contributed by atoms with Gasteiger partial charge in [0, 0.05) is 22.7 Å². The van der Waals surface area contributed by atoms with Gasteiger partial charge in [0.1, 0.15) is 0 Å². The lowest BCUT2D eigenvalue weighted by atomic mass is 10.1. The first-order valence-electron chi connectivity index (χ1n) is 6.88. The normalized spacial score (nSPS) is 11.1. The first kappa shape index (κ1) is 16.6. The number of non-ortho nitro benzene ring substituents is 1. The number of nitro benzene ring substituents is 1. The Bertz CT molecular complexity index is 775. The van der Waals surface area contributed by atoms with E-state index in [4.69, 9.17) is 11.6 Å². The van der Waals surface area contributed by atoms with Crippen LogP contribution in [0.15, 0.2) is 53.6 Å². The van der Waals surface area contributed by atoms with E-state index in [1.165, 1.54) is 24.3 Å². The number of nitro groups is 1. The topological polar surface area (TPSA) is 84.6 Å². The average molecular weight is 332 g/mol. The molecule has 0 spiro atoms. The fraction of sp³-hybridized carbons (Fsp3) is 0.125. The van der Waals surface area contributed by atoms with Crippen LogP contribution in [0.1, 0.15) is 29.3 Å². The molecule has 6 nitrogen and oxygen atoms in total. The summed E-state index contributed by atoms with van der Waals surface area (Å²) >= 11 is 5.95. The molecule has 0 aliphatic heterocycles. The molecule has 2 rings (SSSR count). The number of nitrogens with zero attached hydrogens (tertiary/aromatic N) is 2. The van der Waals surface area contributed by atoms with Gasteiger partial charge < -0.3 is 0 Å². The third-order valence-electron chi connectivity index (χ3n) is 3.10. The van der Waals surface area contributed by atoms with Crippen LogP contribution in [0.4, 0.5) is 5.69 Å². The van der Waals surface area contributed by atoms with Gasteiger partial charge >= 0.3 is 0 Å². The smallest absolute Gasteiger partial charge is 0.267 e.